The Bertz CT molecular complexity index is 375. The number of carbonyl (C=O) groups excluding carboxylic acids is 2. The highest BCUT2D eigenvalue weighted by Crippen LogP contribution is 2.47. The van der Waals surface area contributed by atoms with Crippen LogP contribution in [0, 0.1) is 5.41 Å². The zero-order chi connectivity index (χ0) is 12.6. The number of nitrogens with zero attached hydrogens (tertiary/aromatic N) is 1. The predicted molar refractivity (Wildman–Crippen MR) is 68.2 cm³/mol. The summed E-state index contributed by atoms with van der Waals surface area (Å²) in [5, 5.41) is 0. The first-order valence-electron chi connectivity index (χ1n) is 6.11. The fourth-order valence-electron chi connectivity index (χ4n) is 3.09. The minimum absolute atomic E-state index is 0.00347. The molecule has 0 aromatic rings. The molecule has 1 atom stereocenters. The lowest BCUT2D eigenvalue weighted by Crippen LogP contribution is -2.42. The molecule has 0 bridgehead atoms. The van der Waals surface area contributed by atoms with Crippen molar-refractivity contribution in [1.82, 2.24) is 4.90 Å². The Hall–Kier alpha value is -0.970. The SMILES string of the molecule is CC(CC(N)=S)N1C(=O)CC2(CCCC2)C1=O. The summed E-state index contributed by atoms with van der Waals surface area (Å²) in [5.74, 6) is -0.0515. The van der Waals surface area contributed by atoms with Gasteiger partial charge in [-0.3, -0.25) is 14.5 Å². The van der Waals surface area contributed by atoms with Crippen molar-refractivity contribution in [3.8, 4) is 0 Å². The van der Waals surface area contributed by atoms with Crippen molar-refractivity contribution >= 4 is 29.0 Å². The van der Waals surface area contributed by atoms with Gasteiger partial charge in [-0.1, -0.05) is 25.1 Å². The van der Waals surface area contributed by atoms with Crippen LogP contribution in [0.5, 0.6) is 0 Å². The molecule has 1 heterocycles. The van der Waals surface area contributed by atoms with Gasteiger partial charge in [0.15, 0.2) is 0 Å². The van der Waals surface area contributed by atoms with Crippen molar-refractivity contribution in [2.24, 2.45) is 11.1 Å². The van der Waals surface area contributed by atoms with Crippen molar-refractivity contribution in [2.45, 2.75) is 51.5 Å². The largest absolute Gasteiger partial charge is 0.393 e. The van der Waals surface area contributed by atoms with E-state index in [0.29, 0.717) is 17.8 Å². The number of carbonyl (C=O) groups is 2. The van der Waals surface area contributed by atoms with Gasteiger partial charge in [0.1, 0.15) is 0 Å². The van der Waals surface area contributed by atoms with Gasteiger partial charge in [0.05, 0.1) is 10.4 Å². The van der Waals surface area contributed by atoms with Crippen molar-refractivity contribution in [1.29, 1.82) is 0 Å². The lowest BCUT2D eigenvalue weighted by atomic mass is 9.84. The zero-order valence-electron chi connectivity index (χ0n) is 10.1. The second kappa shape index (κ2) is 4.37. The summed E-state index contributed by atoms with van der Waals surface area (Å²) in [4.78, 5) is 26.1. The Morgan fingerprint density at radius 2 is 2.06 bits per heavy atom. The third-order valence-corrected chi connectivity index (χ3v) is 4.10. The van der Waals surface area contributed by atoms with Gasteiger partial charge < -0.3 is 5.73 Å². The van der Waals surface area contributed by atoms with Gasteiger partial charge in [0.25, 0.3) is 0 Å². The summed E-state index contributed by atoms with van der Waals surface area (Å²) in [6.07, 6.45) is 4.62. The zero-order valence-corrected chi connectivity index (χ0v) is 10.9. The van der Waals surface area contributed by atoms with Crippen LogP contribution in [0.4, 0.5) is 0 Å². The first-order valence-corrected chi connectivity index (χ1v) is 6.52. The molecule has 1 saturated heterocycles. The van der Waals surface area contributed by atoms with Crippen LogP contribution in [-0.4, -0.2) is 27.7 Å². The summed E-state index contributed by atoms with van der Waals surface area (Å²) in [6, 6.07) is -0.201. The molecule has 1 saturated carbocycles. The van der Waals surface area contributed by atoms with Gasteiger partial charge in [0.2, 0.25) is 11.8 Å². The van der Waals surface area contributed by atoms with E-state index in [-0.39, 0.29) is 23.3 Å². The Morgan fingerprint density at radius 1 is 1.47 bits per heavy atom. The van der Waals surface area contributed by atoms with E-state index >= 15 is 0 Å². The highest BCUT2D eigenvalue weighted by Gasteiger charge is 2.53. The first kappa shape index (κ1) is 12.5. The maximum absolute atomic E-state index is 12.4. The number of hydrogen-bond acceptors (Lipinski definition) is 3. The van der Waals surface area contributed by atoms with Crippen LogP contribution in [0.2, 0.25) is 0 Å². The molecule has 2 rings (SSSR count). The molecule has 0 radical (unpaired) electrons. The number of thiocarbonyl (C=S) groups is 1. The van der Waals surface area contributed by atoms with E-state index in [9.17, 15) is 9.59 Å². The quantitative estimate of drug-likeness (QED) is 0.610. The summed E-state index contributed by atoms with van der Waals surface area (Å²) < 4.78 is 0. The number of rotatable bonds is 3. The van der Waals surface area contributed by atoms with Gasteiger partial charge in [-0.2, -0.15) is 0 Å². The Labute approximate surface area is 107 Å². The maximum Gasteiger partial charge on any atom is 0.236 e. The molecule has 5 heteroatoms. The average molecular weight is 254 g/mol. The van der Waals surface area contributed by atoms with Crippen molar-refractivity contribution in [2.75, 3.05) is 0 Å². The van der Waals surface area contributed by atoms with Crippen LogP contribution in [0.3, 0.4) is 0 Å². The second-order valence-corrected chi connectivity index (χ2v) is 5.78. The van der Waals surface area contributed by atoms with Gasteiger partial charge in [-0.25, -0.2) is 0 Å². The van der Waals surface area contributed by atoms with E-state index in [4.69, 9.17) is 18.0 Å². The minimum Gasteiger partial charge on any atom is -0.393 e. The van der Waals surface area contributed by atoms with Crippen LogP contribution in [0.25, 0.3) is 0 Å². The molecule has 0 aromatic heterocycles. The highest BCUT2D eigenvalue weighted by atomic mass is 32.1. The first-order chi connectivity index (χ1) is 7.96. The van der Waals surface area contributed by atoms with E-state index in [2.05, 4.69) is 0 Å². The molecule has 1 spiro atoms. The molecule has 1 unspecified atom stereocenters. The van der Waals surface area contributed by atoms with Crippen LogP contribution in [-0.2, 0) is 9.59 Å². The molecule has 2 N–H and O–H groups in total. The fraction of sp³-hybridized carbons (Fsp3) is 0.750. The van der Waals surface area contributed by atoms with Crippen LogP contribution in [0.1, 0.15) is 45.4 Å². The monoisotopic (exact) mass is 254 g/mol. The minimum atomic E-state index is -0.387. The molecule has 17 heavy (non-hydrogen) atoms. The van der Waals surface area contributed by atoms with Crippen molar-refractivity contribution < 1.29 is 9.59 Å². The van der Waals surface area contributed by atoms with Crippen LogP contribution < -0.4 is 5.73 Å². The summed E-state index contributed by atoms with van der Waals surface area (Å²) in [6.45, 7) is 1.84. The lowest BCUT2D eigenvalue weighted by molar-refractivity contribution is -0.143. The van der Waals surface area contributed by atoms with Gasteiger partial charge in [-0.05, 0) is 19.8 Å². The smallest absolute Gasteiger partial charge is 0.236 e. The van der Waals surface area contributed by atoms with Gasteiger partial charge >= 0.3 is 0 Å². The van der Waals surface area contributed by atoms with Gasteiger partial charge in [0, 0.05) is 18.9 Å². The molecule has 4 nitrogen and oxygen atoms in total. The number of hydrogen-bond donors (Lipinski definition) is 1. The van der Waals surface area contributed by atoms with E-state index in [1.54, 1.807) is 0 Å². The molecule has 0 aromatic carbocycles. The van der Waals surface area contributed by atoms with Crippen molar-refractivity contribution in [3.05, 3.63) is 0 Å². The molecule has 2 aliphatic rings. The van der Waals surface area contributed by atoms with E-state index in [0.717, 1.165) is 25.7 Å². The highest BCUT2D eigenvalue weighted by molar-refractivity contribution is 7.80. The third-order valence-electron chi connectivity index (χ3n) is 3.93. The van der Waals surface area contributed by atoms with Crippen molar-refractivity contribution in [3.63, 3.8) is 0 Å². The number of amides is 2. The Balaban J connectivity index is 2.16. The lowest BCUT2D eigenvalue weighted by Gasteiger charge is -2.25. The molecule has 1 aliphatic heterocycles. The third kappa shape index (κ3) is 2.08. The summed E-state index contributed by atoms with van der Waals surface area (Å²) in [5.41, 5.74) is 5.09. The second-order valence-electron chi connectivity index (χ2n) is 5.25. The van der Waals surface area contributed by atoms with Crippen LogP contribution in [0.15, 0.2) is 0 Å². The Kier molecular flexibility index (Phi) is 3.21. The maximum atomic E-state index is 12.4. The topological polar surface area (TPSA) is 63.4 Å². The van der Waals surface area contributed by atoms with E-state index in [1.165, 1.54) is 4.90 Å². The standard InChI is InChI=1S/C12H18N2O2S/c1-8(6-9(13)17)14-10(15)7-12(11(14)16)4-2-3-5-12/h8H,2-7H2,1H3,(H2,13,17). The molecule has 2 amide bonds. The van der Waals surface area contributed by atoms with E-state index < -0.39 is 0 Å². The molecule has 94 valence electrons. The van der Waals surface area contributed by atoms with Gasteiger partial charge in [-0.15, -0.1) is 0 Å². The molecular weight excluding hydrogens is 236 g/mol. The molecule has 2 fully saturated rings. The average Bonchev–Trinajstić information content (AvgIpc) is 2.74. The number of imide groups is 1. The normalized spacial score (nSPS) is 24.6. The molecule has 1 aliphatic carbocycles. The molecular formula is C12H18N2O2S. The summed E-state index contributed by atoms with van der Waals surface area (Å²) in [7, 11) is 0. The summed E-state index contributed by atoms with van der Waals surface area (Å²) >= 11 is 4.84. The number of nitrogens with two attached hydrogens (primary N) is 1. The van der Waals surface area contributed by atoms with Crippen LogP contribution >= 0.6 is 12.2 Å². The van der Waals surface area contributed by atoms with E-state index in [1.807, 2.05) is 6.92 Å². The fourth-order valence-corrected chi connectivity index (χ4v) is 3.33. The predicted octanol–water partition coefficient (Wildman–Crippen LogP) is 1.37. The Morgan fingerprint density at radius 3 is 2.59 bits per heavy atom. The number of likely N-dealkylation sites (tertiary alicyclic amines) is 1.